The molecule has 0 aromatic heterocycles. The number of esters is 1. The predicted octanol–water partition coefficient (Wildman–Crippen LogP) is 2.93. The predicted molar refractivity (Wildman–Crippen MR) is 54.5 cm³/mol. The lowest BCUT2D eigenvalue weighted by Gasteiger charge is -2.08. The van der Waals surface area contributed by atoms with E-state index in [0.717, 1.165) is 12.8 Å². The normalized spacial score (nSPS) is 14.0. The molecular weight excluding hydrogens is 164 g/mol. The van der Waals surface area contributed by atoms with Gasteiger partial charge < -0.3 is 4.74 Å². The summed E-state index contributed by atoms with van der Waals surface area (Å²) >= 11 is 0. The second-order valence-corrected chi connectivity index (χ2v) is 3.41. The van der Waals surface area contributed by atoms with Gasteiger partial charge in [-0.25, -0.2) is 4.79 Å². The Morgan fingerprint density at radius 2 is 2.15 bits per heavy atom. The average molecular weight is 184 g/mol. The van der Waals surface area contributed by atoms with E-state index in [1.54, 1.807) is 13.0 Å². The first-order valence-electron chi connectivity index (χ1n) is 4.91. The molecule has 0 aliphatic carbocycles. The number of ether oxygens (including phenoxy) is 1. The summed E-state index contributed by atoms with van der Waals surface area (Å²) in [7, 11) is 0. The van der Waals surface area contributed by atoms with Gasteiger partial charge in [-0.1, -0.05) is 26.3 Å². The van der Waals surface area contributed by atoms with Crippen LogP contribution < -0.4 is 0 Å². The van der Waals surface area contributed by atoms with E-state index in [2.05, 4.69) is 13.8 Å². The number of hydrogen-bond donors (Lipinski definition) is 0. The van der Waals surface area contributed by atoms with E-state index in [-0.39, 0.29) is 5.97 Å². The van der Waals surface area contributed by atoms with Gasteiger partial charge in [0, 0.05) is 5.57 Å². The molecule has 1 atom stereocenters. The zero-order valence-electron chi connectivity index (χ0n) is 9.09. The molecule has 0 amide bonds. The van der Waals surface area contributed by atoms with E-state index in [0.29, 0.717) is 18.1 Å². The molecule has 0 rings (SSSR count). The molecule has 0 aromatic rings. The summed E-state index contributed by atoms with van der Waals surface area (Å²) in [6.07, 6.45) is 3.87. The van der Waals surface area contributed by atoms with Gasteiger partial charge in [0.25, 0.3) is 0 Å². The van der Waals surface area contributed by atoms with Crippen molar-refractivity contribution in [3.8, 4) is 0 Å². The van der Waals surface area contributed by atoms with E-state index < -0.39 is 0 Å². The molecule has 76 valence electrons. The van der Waals surface area contributed by atoms with Gasteiger partial charge in [-0.15, -0.1) is 0 Å². The molecule has 0 fully saturated rings. The Labute approximate surface area is 81.0 Å². The Bertz CT molecular complexity index is 183. The molecule has 0 aromatic carbocycles. The van der Waals surface area contributed by atoms with Crippen molar-refractivity contribution in [3.63, 3.8) is 0 Å². The Kier molecular flexibility index (Phi) is 6.29. The highest BCUT2D eigenvalue weighted by molar-refractivity contribution is 5.87. The molecule has 0 bridgehead atoms. The largest absolute Gasteiger partial charge is 0.462 e. The minimum Gasteiger partial charge on any atom is -0.462 e. The number of hydrogen-bond acceptors (Lipinski definition) is 2. The van der Waals surface area contributed by atoms with Crippen LogP contribution in [0.15, 0.2) is 11.6 Å². The lowest BCUT2D eigenvalue weighted by molar-refractivity contribution is -0.139. The average Bonchev–Trinajstić information content (AvgIpc) is 2.15. The third-order valence-corrected chi connectivity index (χ3v) is 2.30. The molecule has 0 heterocycles. The lowest BCUT2D eigenvalue weighted by Crippen LogP contribution is -2.09. The van der Waals surface area contributed by atoms with Crippen molar-refractivity contribution in [1.29, 1.82) is 0 Å². The molecular formula is C11H20O2. The van der Waals surface area contributed by atoms with Gasteiger partial charge in [-0.05, 0) is 26.2 Å². The van der Waals surface area contributed by atoms with Gasteiger partial charge in [0.1, 0.15) is 0 Å². The number of rotatable bonds is 5. The van der Waals surface area contributed by atoms with Crippen molar-refractivity contribution in [3.05, 3.63) is 11.6 Å². The molecule has 0 aliphatic heterocycles. The van der Waals surface area contributed by atoms with Crippen molar-refractivity contribution in [2.24, 2.45) is 5.92 Å². The van der Waals surface area contributed by atoms with E-state index >= 15 is 0 Å². The minimum absolute atomic E-state index is 0.189. The first-order chi connectivity index (χ1) is 6.11. The molecule has 0 saturated heterocycles. The van der Waals surface area contributed by atoms with E-state index in [1.165, 1.54) is 0 Å². The first kappa shape index (κ1) is 12.2. The Morgan fingerprint density at radius 3 is 2.62 bits per heavy atom. The van der Waals surface area contributed by atoms with Crippen LogP contribution in [-0.2, 0) is 9.53 Å². The molecule has 13 heavy (non-hydrogen) atoms. The summed E-state index contributed by atoms with van der Waals surface area (Å²) in [5.74, 6) is 0.449. The van der Waals surface area contributed by atoms with Crippen LogP contribution in [0.25, 0.3) is 0 Å². The molecule has 0 N–H and O–H groups in total. The van der Waals surface area contributed by atoms with Crippen LogP contribution in [0.4, 0.5) is 0 Å². The Balaban J connectivity index is 3.60. The fraction of sp³-hybridized carbons (Fsp3) is 0.727. The number of carbonyl (C=O) groups excluding carboxylic acids is 1. The topological polar surface area (TPSA) is 26.3 Å². The molecule has 0 aliphatic rings. The second kappa shape index (κ2) is 6.70. The first-order valence-corrected chi connectivity index (χ1v) is 4.91. The Morgan fingerprint density at radius 1 is 1.54 bits per heavy atom. The van der Waals surface area contributed by atoms with Crippen molar-refractivity contribution < 1.29 is 9.53 Å². The molecule has 0 spiro atoms. The third-order valence-electron chi connectivity index (χ3n) is 2.30. The molecule has 2 heteroatoms. The van der Waals surface area contributed by atoms with Crippen LogP contribution in [0.2, 0.25) is 0 Å². The van der Waals surface area contributed by atoms with Crippen LogP contribution in [0.3, 0.4) is 0 Å². The van der Waals surface area contributed by atoms with Gasteiger partial charge in [-0.3, -0.25) is 0 Å². The Hall–Kier alpha value is -0.790. The third kappa shape index (κ3) is 5.45. The number of allylic oxidation sites excluding steroid dienone is 1. The standard InChI is InChI=1S/C11H20O2/c1-5-9(3)7-8-13-11(12)10(4)6-2/h6,9H,5,7-8H2,1-4H3/b10-6-. The van der Waals surface area contributed by atoms with Crippen molar-refractivity contribution in [1.82, 2.24) is 0 Å². The van der Waals surface area contributed by atoms with Gasteiger partial charge in [0.05, 0.1) is 6.61 Å². The van der Waals surface area contributed by atoms with Crippen molar-refractivity contribution in [2.45, 2.75) is 40.5 Å². The lowest BCUT2D eigenvalue weighted by atomic mass is 10.1. The quantitative estimate of drug-likeness (QED) is 0.485. The van der Waals surface area contributed by atoms with E-state index in [4.69, 9.17) is 4.74 Å². The van der Waals surface area contributed by atoms with Gasteiger partial charge in [-0.2, -0.15) is 0 Å². The van der Waals surface area contributed by atoms with Crippen LogP contribution in [0, 0.1) is 5.92 Å². The SMILES string of the molecule is C/C=C(/C)C(=O)OCCC(C)CC. The van der Waals surface area contributed by atoms with Crippen LogP contribution in [-0.4, -0.2) is 12.6 Å². The summed E-state index contributed by atoms with van der Waals surface area (Å²) in [5.41, 5.74) is 0.684. The van der Waals surface area contributed by atoms with Crippen molar-refractivity contribution >= 4 is 5.97 Å². The monoisotopic (exact) mass is 184 g/mol. The summed E-state index contributed by atoms with van der Waals surface area (Å²) < 4.78 is 5.06. The van der Waals surface area contributed by atoms with Gasteiger partial charge >= 0.3 is 5.97 Å². The van der Waals surface area contributed by atoms with Crippen molar-refractivity contribution in [2.75, 3.05) is 6.61 Å². The zero-order valence-corrected chi connectivity index (χ0v) is 9.09. The highest BCUT2D eigenvalue weighted by atomic mass is 16.5. The van der Waals surface area contributed by atoms with Crippen LogP contribution in [0.5, 0.6) is 0 Å². The summed E-state index contributed by atoms with van der Waals surface area (Å²) in [6, 6.07) is 0. The van der Waals surface area contributed by atoms with Crippen LogP contribution >= 0.6 is 0 Å². The van der Waals surface area contributed by atoms with E-state index in [9.17, 15) is 4.79 Å². The summed E-state index contributed by atoms with van der Waals surface area (Å²) in [6.45, 7) is 8.45. The maximum absolute atomic E-state index is 11.2. The summed E-state index contributed by atoms with van der Waals surface area (Å²) in [4.78, 5) is 11.2. The second-order valence-electron chi connectivity index (χ2n) is 3.41. The molecule has 0 radical (unpaired) electrons. The highest BCUT2D eigenvalue weighted by Crippen LogP contribution is 2.06. The minimum atomic E-state index is -0.189. The van der Waals surface area contributed by atoms with Gasteiger partial charge in [0.15, 0.2) is 0 Å². The molecule has 1 unspecified atom stereocenters. The highest BCUT2D eigenvalue weighted by Gasteiger charge is 2.05. The van der Waals surface area contributed by atoms with Gasteiger partial charge in [0.2, 0.25) is 0 Å². The summed E-state index contributed by atoms with van der Waals surface area (Å²) in [5, 5.41) is 0. The maximum atomic E-state index is 11.2. The fourth-order valence-electron chi connectivity index (χ4n) is 0.789. The zero-order chi connectivity index (χ0) is 10.3. The van der Waals surface area contributed by atoms with Crippen LogP contribution in [0.1, 0.15) is 40.5 Å². The fourth-order valence-corrected chi connectivity index (χ4v) is 0.789. The maximum Gasteiger partial charge on any atom is 0.333 e. The number of carbonyl (C=O) groups is 1. The molecule has 2 nitrogen and oxygen atoms in total. The van der Waals surface area contributed by atoms with E-state index in [1.807, 2.05) is 6.92 Å². The smallest absolute Gasteiger partial charge is 0.333 e. The molecule has 0 saturated carbocycles.